The second-order valence-electron chi connectivity index (χ2n) is 9.57. The van der Waals surface area contributed by atoms with Gasteiger partial charge >= 0.3 is 0 Å². The van der Waals surface area contributed by atoms with Gasteiger partial charge in [-0.05, 0) is 68.4 Å². The van der Waals surface area contributed by atoms with Crippen LogP contribution in [0, 0.1) is 13.8 Å². The molecule has 2 aliphatic rings. The van der Waals surface area contributed by atoms with Crippen LogP contribution in [0.1, 0.15) is 53.0 Å². The molecule has 2 N–H and O–H groups in total. The van der Waals surface area contributed by atoms with Crippen molar-refractivity contribution >= 4 is 22.4 Å². The summed E-state index contributed by atoms with van der Waals surface area (Å²) in [6, 6.07) is 6.76. The van der Waals surface area contributed by atoms with Gasteiger partial charge in [0.2, 0.25) is 0 Å². The molecule has 2 aromatic carbocycles. The molecule has 1 fully saturated rings. The molecule has 0 radical (unpaired) electrons. The Morgan fingerprint density at radius 3 is 2.63 bits per heavy atom. The number of aromatic nitrogens is 2. The molecule has 3 aromatic rings. The summed E-state index contributed by atoms with van der Waals surface area (Å²) in [6.07, 6.45) is 3.15. The van der Waals surface area contributed by atoms with Crippen LogP contribution in [-0.2, 0) is 23.5 Å². The monoisotopic (exact) mass is 482 g/mol. The van der Waals surface area contributed by atoms with Gasteiger partial charge in [0.1, 0.15) is 18.2 Å². The van der Waals surface area contributed by atoms with Gasteiger partial charge in [-0.25, -0.2) is 9.97 Å². The predicted molar refractivity (Wildman–Crippen MR) is 134 cm³/mol. The highest BCUT2D eigenvalue weighted by molar-refractivity contribution is 5.96. The average Bonchev–Trinajstić information content (AvgIpc) is 3.34. The van der Waals surface area contributed by atoms with E-state index in [1.54, 1.807) is 13.0 Å². The molecule has 1 atom stereocenters. The summed E-state index contributed by atoms with van der Waals surface area (Å²) in [5.74, 6) is -1.90. The van der Waals surface area contributed by atoms with Gasteiger partial charge in [0.15, 0.2) is 0 Å². The Hall–Kier alpha value is -2.84. The minimum atomic E-state index is -3.29. The third-order valence-corrected chi connectivity index (χ3v) is 7.29. The maximum atomic E-state index is 14.3. The first-order chi connectivity index (χ1) is 16.8. The molecule has 0 spiro atoms. The van der Waals surface area contributed by atoms with Crippen molar-refractivity contribution in [2.45, 2.75) is 52.0 Å². The highest BCUT2D eigenvalue weighted by Gasteiger charge is 2.33. The summed E-state index contributed by atoms with van der Waals surface area (Å²) < 4.78 is 34.2. The molecule has 2 heterocycles. The minimum absolute atomic E-state index is 0.151. The zero-order valence-electron chi connectivity index (χ0n) is 20.5. The van der Waals surface area contributed by atoms with Crippen LogP contribution in [0.25, 0.3) is 10.9 Å². The van der Waals surface area contributed by atoms with Gasteiger partial charge in [0.25, 0.3) is 5.92 Å². The molecule has 0 saturated carbocycles. The van der Waals surface area contributed by atoms with Gasteiger partial charge in [0.05, 0.1) is 24.8 Å². The number of morpholine rings is 1. The number of anilines is 2. The van der Waals surface area contributed by atoms with Crippen molar-refractivity contribution in [3.05, 3.63) is 57.9 Å². The Bertz CT molecular complexity index is 1260. The third kappa shape index (κ3) is 4.34. The van der Waals surface area contributed by atoms with E-state index in [2.05, 4.69) is 16.3 Å². The quantitative estimate of drug-likeness (QED) is 0.525. The Morgan fingerprint density at radius 2 is 1.89 bits per heavy atom. The smallest absolute Gasteiger partial charge is 0.296 e. The highest BCUT2D eigenvalue weighted by Crippen LogP contribution is 2.40. The predicted octanol–water partition coefficient (Wildman–Crippen LogP) is 4.83. The van der Waals surface area contributed by atoms with Gasteiger partial charge in [-0.2, -0.15) is 8.78 Å². The molecule has 1 aliphatic heterocycles. The molecule has 35 heavy (non-hydrogen) atoms. The van der Waals surface area contributed by atoms with E-state index >= 15 is 0 Å². The number of benzene rings is 2. The number of hydrogen-bond donors (Lipinski definition) is 2. The van der Waals surface area contributed by atoms with Crippen LogP contribution in [0.2, 0.25) is 0 Å². The van der Waals surface area contributed by atoms with Crippen LogP contribution in [0.3, 0.4) is 0 Å². The number of nitrogens with one attached hydrogen (secondary N) is 1. The summed E-state index contributed by atoms with van der Waals surface area (Å²) in [6.45, 7) is 7.44. The molecule has 6 nitrogen and oxygen atoms in total. The second kappa shape index (κ2) is 9.32. The number of halogens is 2. The van der Waals surface area contributed by atoms with Crippen molar-refractivity contribution in [3.63, 3.8) is 0 Å². The number of hydrogen-bond acceptors (Lipinski definition) is 6. The van der Waals surface area contributed by atoms with Gasteiger partial charge < -0.3 is 20.1 Å². The topological polar surface area (TPSA) is 70.5 Å². The largest absolute Gasteiger partial charge is 0.390 e. The molecule has 1 aromatic heterocycles. The second-order valence-corrected chi connectivity index (χ2v) is 9.57. The summed E-state index contributed by atoms with van der Waals surface area (Å²) in [5.41, 5.74) is 5.96. The lowest BCUT2D eigenvalue weighted by Crippen LogP contribution is -2.36. The Morgan fingerprint density at radius 1 is 1.14 bits per heavy atom. The highest BCUT2D eigenvalue weighted by atomic mass is 19.3. The van der Waals surface area contributed by atoms with Crippen molar-refractivity contribution in [1.82, 2.24) is 9.97 Å². The number of fused-ring (bicyclic) bond motifs is 3. The van der Waals surface area contributed by atoms with Crippen molar-refractivity contribution in [3.8, 4) is 0 Å². The van der Waals surface area contributed by atoms with E-state index in [0.29, 0.717) is 30.4 Å². The maximum absolute atomic E-state index is 14.3. The SMILES string of the molecule is Cc1nc(NC(C)c2cccc(C(F)(F)CO)c2C)c2cc(N3CCOCC3)c3c(c2n1)CCC3. The molecular formula is C27H32F2N4O2. The van der Waals surface area contributed by atoms with E-state index in [1.165, 1.54) is 22.9 Å². The first-order valence-corrected chi connectivity index (χ1v) is 12.3. The van der Waals surface area contributed by atoms with E-state index < -0.39 is 12.5 Å². The van der Waals surface area contributed by atoms with Crippen LogP contribution in [0.5, 0.6) is 0 Å². The van der Waals surface area contributed by atoms with Crippen LogP contribution in [-0.4, -0.2) is 48.0 Å². The minimum Gasteiger partial charge on any atom is -0.390 e. The fourth-order valence-electron chi connectivity index (χ4n) is 5.54. The molecule has 0 bridgehead atoms. The van der Waals surface area contributed by atoms with Gasteiger partial charge in [-0.3, -0.25) is 0 Å². The summed E-state index contributed by atoms with van der Waals surface area (Å²) >= 11 is 0. The van der Waals surface area contributed by atoms with E-state index in [1.807, 2.05) is 19.9 Å². The Balaban J connectivity index is 1.58. The number of nitrogens with zero attached hydrogens (tertiary/aromatic N) is 3. The van der Waals surface area contributed by atoms with E-state index in [4.69, 9.17) is 14.7 Å². The number of rotatable bonds is 6. The summed E-state index contributed by atoms with van der Waals surface area (Å²) in [5, 5.41) is 13.7. The van der Waals surface area contributed by atoms with Gasteiger partial charge in [-0.15, -0.1) is 0 Å². The van der Waals surface area contributed by atoms with Crippen molar-refractivity contribution < 1.29 is 18.6 Å². The van der Waals surface area contributed by atoms with Crippen LogP contribution in [0.4, 0.5) is 20.3 Å². The third-order valence-electron chi connectivity index (χ3n) is 7.29. The summed E-state index contributed by atoms with van der Waals surface area (Å²) in [4.78, 5) is 12.0. The lowest BCUT2D eigenvalue weighted by molar-refractivity contribution is -0.0561. The zero-order chi connectivity index (χ0) is 24.7. The molecular weight excluding hydrogens is 450 g/mol. The molecule has 1 unspecified atom stereocenters. The van der Waals surface area contributed by atoms with E-state index in [-0.39, 0.29) is 11.6 Å². The number of ether oxygens (including phenoxy) is 1. The first-order valence-electron chi connectivity index (χ1n) is 12.3. The first kappa shape index (κ1) is 23.9. The molecule has 1 saturated heterocycles. The lowest BCUT2D eigenvalue weighted by Gasteiger charge is -2.31. The average molecular weight is 483 g/mol. The van der Waals surface area contributed by atoms with Crippen molar-refractivity contribution in [2.24, 2.45) is 0 Å². The molecule has 1 aliphatic carbocycles. The van der Waals surface area contributed by atoms with Crippen LogP contribution < -0.4 is 10.2 Å². The van der Waals surface area contributed by atoms with E-state index in [0.717, 1.165) is 48.8 Å². The number of alkyl halides is 2. The molecule has 5 rings (SSSR count). The normalized spacial score (nSPS) is 17.0. The zero-order valence-corrected chi connectivity index (χ0v) is 20.5. The molecule has 8 heteroatoms. The fraction of sp³-hybridized carbons (Fsp3) is 0.481. The standard InChI is InChI=1S/C27H32F2N4O2/c1-16-19(6-5-9-23(16)27(28,29)15-34)17(2)30-26-22-14-24(33-10-12-35-13-11-33)20-7-4-8-21(20)25(22)31-18(3)32-26/h5-6,9,14,17,34H,4,7-8,10-13,15H2,1-3H3,(H,30,31,32). The van der Waals surface area contributed by atoms with E-state index in [9.17, 15) is 13.9 Å². The number of aliphatic hydroxyl groups excluding tert-OH is 1. The van der Waals surface area contributed by atoms with Gasteiger partial charge in [-0.1, -0.05) is 18.2 Å². The molecule has 0 amide bonds. The molecule has 186 valence electrons. The number of aryl methyl sites for hydroxylation is 2. The lowest BCUT2D eigenvalue weighted by atomic mass is 9.94. The van der Waals surface area contributed by atoms with Crippen molar-refractivity contribution in [2.75, 3.05) is 43.1 Å². The maximum Gasteiger partial charge on any atom is 0.296 e. The summed E-state index contributed by atoms with van der Waals surface area (Å²) in [7, 11) is 0. The van der Waals surface area contributed by atoms with Crippen LogP contribution in [0.15, 0.2) is 24.3 Å². The van der Waals surface area contributed by atoms with Gasteiger partial charge in [0, 0.05) is 29.7 Å². The van der Waals surface area contributed by atoms with Crippen molar-refractivity contribution in [1.29, 1.82) is 0 Å². The Kier molecular flexibility index (Phi) is 6.36. The number of aliphatic hydroxyl groups is 1. The Labute approximate surface area is 204 Å². The van der Waals surface area contributed by atoms with Crippen LogP contribution >= 0.6 is 0 Å². The fourth-order valence-corrected chi connectivity index (χ4v) is 5.54.